The summed E-state index contributed by atoms with van der Waals surface area (Å²) in [6.07, 6.45) is 1.03. The molecular formula is C21H28NO3+. The molecule has 0 amide bonds. The van der Waals surface area contributed by atoms with Gasteiger partial charge in [-0.3, -0.25) is 0 Å². The third-order valence-electron chi connectivity index (χ3n) is 5.42. The highest BCUT2D eigenvalue weighted by Crippen LogP contribution is 2.34. The number of ether oxygens (including phenoxy) is 2. The Morgan fingerprint density at radius 3 is 2.24 bits per heavy atom. The second-order valence-electron chi connectivity index (χ2n) is 7.04. The molecule has 2 unspecified atom stereocenters. The maximum absolute atomic E-state index is 9.99. The van der Waals surface area contributed by atoms with Crippen LogP contribution in [0.4, 0.5) is 0 Å². The van der Waals surface area contributed by atoms with E-state index in [-0.39, 0.29) is 0 Å². The van der Waals surface area contributed by atoms with E-state index < -0.39 is 0 Å². The van der Waals surface area contributed by atoms with Gasteiger partial charge in [-0.25, -0.2) is 0 Å². The maximum atomic E-state index is 9.99. The van der Waals surface area contributed by atoms with Crippen molar-refractivity contribution in [3.8, 4) is 17.2 Å². The van der Waals surface area contributed by atoms with Crippen molar-refractivity contribution in [2.24, 2.45) is 0 Å². The first-order chi connectivity index (χ1) is 11.9. The molecule has 2 N–H and O–H groups in total. The van der Waals surface area contributed by atoms with Crippen molar-refractivity contribution in [3.05, 3.63) is 52.1 Å². The van der Waals surface area contributed by atoms with E-state index in [4.69, 9.17) is 9.47 Å². The second kappa shape index (κ2) is 6.96. The van der Waals surface area contributed by atoms with Gasteiger partial charge in [0, 0.05) is 17.5 Å². The number of nitrogens with one attached hydrogen (secondary N) is 1. The summed E-state index contributed by atoms with van der Waals surface area (Å²) in [5, 5.41) is 9.99. The summed E-state index contributed by atoms with van der Waals surface area (Å²) in [6.45, 7) is 8.25. The maximum Gasteiger partial charge on any atom is 0.161 e. The molecule has 25 heavy (non-hydrogen) atoms. The van der Waals surface area contributed by atoms with Crippen molar-refractivity contribution in [1.82, 2.24) is 0 Å². The number of fused-ring (bicyclic) bond motifs is 1. The monoisotopic (exact) mass is 342 g/mol. The molecule has 0 saturated carbocycles. The van der Waals surface area contributed by atoms with Gasteiger partial charge in [0.2, 0.25) is 0 Å². The number of quaternary nitrogens is 1. The fraction of sp³-hybridized carbons (Fsp3) is 0.429. The summed E-state index contributed by atoms with van der Waals surface area (Å²) < 4.78 is 10.9. The van der Waals surface area contributed by atoms with Gasteiger partial charge in [-0.05, 0) is 61.7 Å². The molecule has 0 spiro atoms. The number of hydrogen-bond acceptors (Lipinski definition) is 3. The Balaban J connectivity index is 1.87. The fourth-order valence-corrected chi connectivity index (χ4v) is 3.94. The van der Waals surface area contributed by atoms with Gasteiger partial charge in [0.25, 0.3) is 0 Å². The number of benzene rings is 2. The van der Waals surface area contributed by atoms with Crippen LogP contribution in [0.1, 0.15) is 40.8 Å². The number of phenols is 1. The quantitative estimate of drug-likeness (QED) is 0.898. The van der Waals surface area contributed by atoms with Crippen molar-refractivity contribution in [3.63, 3.8) is 0 Å². The van der Waals surface area contributed by atoms with Crippen LogP contribution in [0, 0.1) is 13.8 Å². The lowest BCUT2D eigenvalue weighted by Gasteiger charge is -2.33. The Morgan fingerprint density at radius 2 is 1.64 bits per heavy atom. The predicted octanol–water partition coefficient (Wildman–Crippen LogP) is 2.73. The Labute approximate surface area is 150 Å². The van der Waals surface area contributed by atoms with E-state index in [2.05, 4.69) is 31.2 Å². The molecular weight excluding hydrogens is 314 g/mol. The highest BCUT2D eigenvalue weighted by Gasteiger charge is 2.29. The first-order valence-electron chi connectivity index (χ1n) is 8.83. The van der Waals surface area contributed by atoms with Gasteiger partial charge >= 0.3 is 0 Å². The Hall–Kier alpha value is -2.20. The van der Waals surface area contributed by atoms with Crippen LogP contribution in [0.25, 0.3) is 0 Å². The zero-order chi connectivity index (χ0) is 18.1. The molecule has 2 aromatic rings. The number of rotatable bonds is 4. The normalized spacial score (nSPS) is 19.4. The van der Waals surface area contributed by atoms with Crippen LogP contribution in [0.5, 0.6) is 17.2 Å². The minimum atomic E-state index is 0.387. The molecule has 0 saturated heterocycles. The molecule has 0 aromatic heterocycles. The summed E-state index contributed by atoms with van der Waals surface area (Å²) in [5.41, 5.74) is 5.87. The standard InChI is InChI=1S/C21H27NO3/c1-13-8-16(9-14(2)21(13)23)12-22-7-6-17-10-19(24-4)20(25-5)11-18(17)15(22)3/h8-11,15,23H,6-7,12H2,1-5H3/p+1. The molecule has 4 nitrogen and oxygen atoms in total. The average molecular weight is 342 g/mol. The van der Waals surface area contributed by atoms with E-state index in [0.29, 0.717) is 11.8 Å². The van der Waals surface area contributed by atoms with Crippen molar-refractivity contribution in [2.75, 3.05) is 20.8 Å². The lowest BCUT2D eigenvalue weighted by molar-refractivity contribution is -0.945. The molecule has 1 heterocycles. The summed E-state index contributed by atoms with van der Waals surface area (Å²) in [7, 11) is 3.37. The van der Waals surface area contributed by atoms with Crippen LogP contribution in [0.3, 0.4) is 0 Å². The van der Waals surface area contributed by atoms with Crippen LogP contribution in [0.2, 0.25) is 0 Å². The third kappa shape index (κ3) is 3.31. The van der Waals surface area contributed by atoms with Gasteiger partial charge in [-0.2, -0.15) is 0 Å². The molecule has 134 valence electrons. The van der Waals surface area contributed by atoms with E-state index in [1.807, 2.05) is 13.8 Å². The highest BCUT2D eigenvalue weighted by molar-refractivity contribution is 5.48. The molecule has 1 aliphatic heterocycles. The van der Waals surface area contributed by atoms with Crippen molar-refractivity contribution in [2.45, 2.75) is 39.8 Å². The summed E-state index contributed by atoms with van der Waals surface area (Å²) in [5.74, 6) is 2.01. The van der Waals surface area contributed by atoms with E-state index in [1.165, 1.54) is 21.6 Å². The van der Waals surface area contributed by atoms with Crippen molar-refractivity contribution >= 4 is 0 Å². The molecule has 4 heteroatoms. The van der Waals surface area contributed by atoms with Crippen LogP contribution < -0.4 is 14.4 Å². The highest BCUT2D eigenvalue weighted by atomic mass is 16.5. The lowest BCUT2D eigenvalue weighted by Crippen LogP contribution is -3.11. The first-order valence-corrected chi connectivity index (χ1v) is 8.83. The molecule has 0 fully saturated rings. The number of aromatic hydroxyl groups is 1. The minimum Gasteiger partial charge on any atom is -0.507 e. The molecule has 0 aliphatic carbocycles. The van der Waals surface area contributed by atoms with E-state index in [1.54, 1.807) is 14.2 Å². The van der Waals surface area contributed by atoms with Crippen molar-refractivity contribution in [1.29, 1.82) is 0 Å². The van der Waals surface area contributed by atoms with Gasteiger partial charge in [-0.15, -0.1) is 0 Å². The second-order valence-corrected chi connectivity index (χ2v) is 7.04. The van der Waals surface area contributed by atoms with Gasteiger partial charge in [0.1, 0.15) is 18.3 Å². The van der Waals surface area contributed by atoms with Crippen LogP contribution >= 0.6 is 0 Å². The van der Waals surface area contributed by atoms with E-state index in [9.17, 15) is 5.11 Å². The van der Waals surface area contributed by atoms with E-state index >= 15 is 0 Å². The summed E-state index contributed by atoms with van der Waals surface area (Å²) in [6, 6.07) is 8.85. The van der Waals surface area contributed by atoms with E-state index in [0.717, 1.165) is 42.1 Å². The average Bonchev–Trinajstić information content (AvgIpc) is 2.61. The Bertz CT molecular complexity index is 762. The topological polar surface area (TPSA) is 43.1 Å². The zero-order valence-electron chi connectivity index (χ0n) is 15.8. The SMILES string of the molecule is COc1cc2c(cc1OC)C(C)[NH+](Cc1cc(C)c(O)c(C)c1)CC2. The molecule has 3 rings (SSSR count). The van der Waals surface area contributed by atoms with Crippen LogP contribution in [-0.4, -0.2) is 25.9 Å². The van der Waals surface area contributed by atoms with Gasteiger partial charge in [0.15, 0.2) is 11.5 Å². The molecule has 2 aromatic carbocycles. The number of hydrogen-bond donors (Lipinski definition) is 2. The minimum absolute atomic E-state index is 0.387. The number of phenolic OH excluding ortho intramolecular Hbond substituents is 1. The van der Waals surface area contributed by atoms with Crippen LogP contribution in [0.15, 0.2) is 24.3 Å². The summed E-state index contributed by atoms with van der Waals surface area (Å²) in [4.78, 5) is 1.53. The smallest absolute Gasteiger partial charge is 0.161 e. The Kier molecular flexibility index (Phi) is 4.91. The molecule has 0 bridgehead atoms. The largest absolute Gasteiger partial charge is 0.507 e. The predicted molar refractivity (Wildman–Crippen MR) is 98.8 cm³/mol. The first kappa shape index (κ1) is 17.6. The Morgan fingerprint density at radius 1 is 1.04 bits per heavy atom. The number of aryl methyl sites for hydroxylation is 2. The van der Waals surface area contributed by atoms with Gasteiger partial charge < -0.3 is 19.5 Å². The third-order valence-corrected chi connectivity index (χ3v) is 5.42. The van der Waals surface area contributed by atoms with Crippen molar-refractivity contribution < 1.29 is 19.5 Å². The van der Waals surface area contributed by atoms with Gasteiger partial charge in [0.05, 0.1) is 20.8 Å². The van der Waals surface area contributed by atoms with Gasteiger partial charge in [-0.1, -0.05) is 0 Å². The summed E-state index contributed by atoms with van der Waals surface area (Å²) >= 11 is 0. The molecule has 1 aliphatic rings. The zero-order valence-corrected chi connectivity index (χ0v) is 15.8. The number of methoxy groups -OCH3 is 2. The molecule has 2 atom stereocenters. The lowest BCUT2D eigenvalue weighted by atomic mass is 9.92. The fourth-order valence-electron chi connectivity index (χ4n) is 3.94. The van der Waals surface area contributed by atoms with Crippen LogP contribution in [-0.2, 0) is 13.0 Å². The molecule has 0 radical (unpaired) electrons.